The van der Waals surface area contributed by atoms with E-state index in [0.717, 1.165) is 0 Å². The molecule has 0 saturated heterocycles. The summed E-state index contributed by atoms with van der Waals surface area (Å²) in [6.45, 7) is 4.94. The molecule has 4 heteroatoms. The Morgan fingerprint density at radius 3 is 2.50 bits per heavy atom. The van der Waals surface area contributed by atoms with Crippen molar-refractivity contribution in [3.8, 4) is 0 Å². The second-order valence-electron chi connectivity index (χ2n) is 4.44. The number of amides is 1. The van der Waals surface area contributed by atoms with E-state index in [1.54, 1.807) is 39.0 Å². The van der Waals surface area contributed by atoms with Crippen LogP contribution in [0.3, 0.4) is 0 Å². The summed E-state index contributed by atoms with van der Waals surface area (Å²) < 4.78 is 13.4. The lowest BCUT2D eigenvalue weighted by Gasteiger charge is -2.22. The zero-order chi connectivity index (χ0) is 12.3. The third-order valence-electron chi connectivity index (χ3n) is 2.30. The third kappa shape index (κ3) is 3.03. The number of hydrogen-bond donors (Lipinski definition) is 2. The Morgan fingerprint density at radius 2 is 2.00 bits per heavy atom. The highest BCUT2D eigenvalue weighted by molar-refractivity contribution is 5.85. The zero-order valence-electron chi connectivity index (χ0n) is 9.75. The second kappa shape index (κ2) is 4.61. The van der Waals surface area contributed by atoms with Crippen LogP contribution in [0.25, 0.3) is 0 Å². The fourth-order valence-corrected chi connectivity index (χ4v) is 1.29. The van der Waals surface area contributed by atoms with E-state index in [1.807, 2.05) is 0 Å². The molecule has 0 aromatic heterocycles. The van der Waals surface area contributed by atoms with Gasteiger partial charge in [0, 0.05) is 5.56 Å². The molecule has 1 amide bonds. The molecule has 0 spiro atoms. The van der Waals surface area contributed by atoms with Crippen LogP contribution in [-0.4, -0.2) is 11.4 Å². The van der Waals surface area contributed by atoms with E-state index in [-0.39, 0.29) is 11.7 Å². The Labute approximate surface area is 94.8 Å². The summed E-state index contributed by atoms with van der Waals surface area (Å²) >= 11 is 0. The molecule has 0 bridgehead atoms. The lowest BCUT2D eigenvalue weighted by molar-refractivity contribution is -0.125. The van der Waals surface area contributed by atoms with Gasteiger partial charge in [0.25, 0.3) is 0 Å². The predicted molar refractivity (Wildman–Crippen MR) is 61.2 cm³/mol. The lowest BCUT2D eigenvalue weighted by atomic mass is 10.0. The molecule has 0 heterocycles. The molecule has 3 nitrogen and oxygen atoms in total. The Morgan fingerprint density at radius 1 is 1.44 bits per heavy atom. The van der Waals surface area contributed by atoms with Gasteiger partial charge in [-0.2, -0.15) is 0 Å². The van der Waals surface area contributed by atoms with E-state index >= 15 is 0 Å². The highest BCUT2D eigenvalue weighted by atomic mass is 19.1. The van der Waals surface area contributed by atoms with Gasteiger partial charge in [0.15, 0.2) is 0 Å². The Balaban J connectivity index is 2.78. The molecular formula is C12H17FN2O. The minimum absolute atomic E-state index is 0.303. The van der Waals surface area contributed by atoms with E-state index < -0.39 is 11.6 Å². The molecule has 1 aromatic carbocycles. The molecule has 0 unspecified atom stereocenters. The number of hydrogen-bond acceptors (Lipinski definition) is 2. The normalized spacial score (nSPS) is 13.3. The van der Waals surface area contributed by atoms with Crippen molar-refractivity contribution in [2.45, 2.75) is 32.4 Å². The molecule has 0 fully saturated rings. The van der Waals surface area contributed by atoms with Gasteiger partial charge in [-0.15, -0.1) is 0 Å². The fourth-order valence-electron chi connectivity index (χ4n) is 1.29. The molecule has 0 radical (unpaired) electrons. The average molecular weight is 224 g/mol. The SMILES string of the molecule is C[C@@H](NC(=O)C(C)(C)N)c1ccccc1F. The predicted octanol–water partition coefficient (Wildman–Crippen LogP) is 1.74. The number of nitrogens with one attached hydrogen (secondary N) is 1. The van der Waals surface area contributed by atoms with Crippen molar-refractivity contribution in [1.29, 1.82) is 0 Å². The number of carbonyl (C=O) groups is 1. The monoisotopic (exact) mass is 224 g/mol. The Kier molecular flexibility index (Phi) is 3.65. The molecule has 1 aromatic rings. The van der Waals surface area contributed by atoms with E-state index in [0.29, 0.717) is 5.56 Å². The van der Waals surface area contributed by atoms with E-state index in [4.69, 9.17) is 5.73 Å². The molecule has 1 atom stereocenters. The maximum absolute atomic E-state index is 13.4. The van der Waals surface area contributed by atoms with Crippen molar-refractivity contribution in [1.82, 2.24) is 5.32 Å². The van der Waals surface area contributed by atoms with Crippen molar-refractivity contribution in [3.63, 3.8) is 0 Å². The molecule has 0 aliphatic carbocycles. The summed E-state index contributed by atoms with van der Waals surface area (Å²) in [5.74, 6) is -0.631. The first-order valence-corrected chi connectivity index (χ1v) is 5.16. The fraction of sp³-hybridized carbons (Fsp3) is 0.417. The molecule has 88 valence electrons. The maximum Gasteiger partial charge on any atom is 0.239 e. The van der Waals surface area contributed by atoms with Crippen LogP contribution in [0.2, 0.25) is 0 Å². The van der Waals surface area contributed by atoms with Crippen molar-refractivity contribution in [2.75, 3.05) is 0 Å². The molecule has 0 aliphatic rings. The van der Waals surface area contributed by atoms with Crippen LogP contribution >= 0.6 is 0 Å². The van der Waals surface area contributed by atoms with E-state index in [2.05, 4.69) is 5.32 Å². The summed E-state index contributed by atoms with van der Waals surface area (Å²) in [6, 6.07) is 5.96. The summed E-state index contributed by atoms with van der Waals surface area (Å²) in [5.41, 5.74) is 5.14. The topological polar surface area (TPSA) is 55.1 Å². The largest absolute Gasteiger partial charge is 0.348 e. The maximum atomic E-state index is 13.4. The van der Waals surface area contributed by atoms with Gasteiger partial charge >= 0.3 is 0 Å². The molecular weight excluding hydrogens is 207 g/mol. The minimum atomic E-state index is -0.959. The molecule has 3 N–H and O–H groups in total. The first kappa shape index (κ1) is 12.6. The average Bonchev–Trinajstić information content (AvgIpc) is 2.16. The van der Waals surface area contributed by atoms with Crippen molar-refractivity contribution in [2.24, 2.45) is 5.73 Å². The summed E-state index contributed by atoms with van der Waals surface area (Å²) in [4.78, 5) is 11.6. The molecule has 16 heavy (non-hydrogen) atoms. The minimum Gasteiger partial charge on any atom is -0.348 e. The second-order valence-corrected chi connectivity index (χ2v) is 4.44. The van der Waals surface area contributed by atoms with Gasteiger partial charge in [-0.3, -0.25) is 4.79 Å². The van der Waals surface area contributed by atoms with E-state index in [9.17, 15) is 9.18 Å². The Bertz CT molecular complexity index is 385. The van der Waals surface area contributed by atoms with Gasteiger partial charge in [0.2, 0.25) is 5.91 Å². The van der Waals surface area contributed by atoms with Gasteiger partial charge in [-0.1, -0.05) is 18.2 Å². The van der Waals surface area contributed by atoms with Gasteiger partial charge in [-0.25, -0.2) is 4.39 Å². The summed E-state index contributed by atoms with van der Waals surface area (Å²) in [7, 11) is 0. The van der Waals surface area contributed by atoms with Gasteiger partial charge < -0.3 is 11.1 Å². The van der Waals surface area contributed by atoms with Gasteiger partial charge in [0.05, 0.1) is 11.6 Å². The van der Waals surface area contributed by atoms with Crippen LogP contribution in [0.5, 0.6) is 0 Å². The van der Waals surface area contributed by atoms with Crippen molar-refractivity contribution >= 4 is 5.91 Å². The van der Waals surface area contributed by atoms with Crippen LogP contribution in [0, 0.1) is 5.82 Å². The van der Waals surface area contributed by atoms with Crippen LogP contribution in [0.1, 0.15) is 32.4 Å². The highest BCUT2D eigenvalue weighted by Crippen LogP contribution is 2.16. The molecule has 0 saturated carbocycles. The highest BCUT2D eigenvalue weighted by Gasteiger charge is 2.24. The van der Waals surface area contributed by atoms with Crippen LogP contribution < -0.4 is 11.1 Å². The Hall–Kier alpha value is -1.42. The van der Waals surface area contributed by atoms with Crippen molar-refractivity contribution < 1.29 is 9.18 Å². The molecule has 0 aliphatic heterocycles. The lowest BCUT2D eigenvalue weighted by Crippen LogP contribution is -2.49. The first-order chi connectivity index (χ1) is 7.32. The standard InChI is InChI=1S/C12H17FN2O/c1-8(15-11(16)12(2,3)14)9-6-4-5-7-10(9)13/h4-8H,14H2,1-3H3,(H,15,16)/t8-/m1/s1. The zero-order valence-corrected chi connectivity index (χ0v) is 9.75. The number of rotatable bonds is 3. The number of nitrogens with two attached hydrogens (primary N) is 1. The first-order valence-electron chi connectivity index (χ1n) is 5.16. The summed E-state index contributed by atoms with van der Waals surface area (Å²) in [6.07, 6.45) is 0. The number of benzene rings is 1. The van der Waals surface area contributed by atoms with E-state index in [1.165, 1.54) is 6.07 Å². The smallest absolute Gasteiger partial charge is 0.239 e. The summed E-state index contributed by atoms with van der Waals surface area (Å²) in [5, 5.41) is 2.67. The van der Waals surface area contributed by atoms with Gasteiger partial charge in [-0.05, 0) is 26.8 Å². The van der Waals surface area contributed by atoms with Gasteiger partial charge in [0.1, 0.15) is 5.82 Å². The number of halogens is 1. The van der Waals surface area contributed by atoms with Crippen molar-refractivity contribution in [3.05, 3.63) is 35.6 Å². The number of carbonyl (C=O) groups excluding carboxylic acids is 1. The quantitative estimate of drug-likeness (QED) is 0.821. The molecule has 1 rings (SSSR count). The third-order valence-corrected chi connectivity index (χ3v) is 2.30. The van der Waals surface area contributed by atoms with Crippen LogP contribution in [0.4, 0.5) is 4.39 Å². The van der Waals surface area contributed by atoms with Crippen LogP contribution in [-0.2, 0) is 4.79 Å². The van der Waals surface area contributed by atoms with Crippen LogP contribution in [0.15, 0.2) is 24.3 Å².